The van der Waals surface area contributed by atoms with Crippen molar-refractivity contribution >= 4 is 11.5 Å². The second-order valence-electron chi connectivity index (χ2n) is 14.1. The van der Waals surface area contributed by atoms with Crippen LogP contribution in [-0.4, -0.2) is 38.4 Å². The number of rotatable bonds is 4. The SMILES string of the molecule is CC#C[C@]1(OC2CCCCO2)CC[C@H]2[C@@H]3CCC4=CC(=O)C(C)(C)CC4=C3[C@@H](c3ccc(N(C)C)cc3)C[C@@]21C. The summed E-state index contributed by atoms with van der Waals surface area (Å²) in [5, 5.41) is 0. The summed E-state index contributed by atoms with van der Waals surface area (Å²) in [5.74, 6) is 8.57. The Bertz CT molecular complexity index is 1290. The van der Waals surface area contributed by atoms with E-state index in [4.69, 9.17) is 9.47 Å². The van der Waals surface area contributed by atoms with Gasteiger partial charge in [-0.05, 0) is 111 Å². The van der Waals surface area contributed by atoms with Gasteiger partial charge in [0.05, 0.1) is 0 Å². The average Bonchev–Trinajstić information content (AvgIpc) is 3.21. The Hall–Kier alpha value is -2.35. The van der Waals surface area contributed by atoms with Crippen LogP contribution in [0.1, 0.15) is 97.0 Å². The lowest BCUT2D eigenvalue weighted by Crippen LogP contribution is -2.54. The predicted molar refractivity (Wildman–Crippen MR) is 161 cm³/mol. The number of fused-ring (bicyclic) bond motifs is 4. The van der Waals surface area contributed by atoms with Gasteiger partial charge in [0.1, 0.15) is 5.60 Å². The predicted octanol–water partition coefficient (Wildman–Crippen LogP) is 7.59. The van der Waals surface area contributed by atoms with Crippen molar-refractivity contribution in [2.24, 2.45) is 22.7 Å². The molecule has 1 aromatic rings. The van der Waals surface area contributed by atoms with Crippen LogP contribution in [0.3, 0.4) is 0 Å². The summed E-state index contributed by atoms with van der Waals surface area (Å²) >= 11 is 0. The fourth-order valence-corrected chi connectivity index (χ4v) is 8.89. The Labute approximate surface area is 241 Å². The van der Waals surface area contributed by atoms with Gasteiger partial charge in [0, 0.05) is 43.1 Å². The van der Waals surface area contributed by atoms with Gasteiger partial charge in [-0.3, -0.25) is 4.79 Å². The van der Waals surface area contributed by atoms with E-state index in [1.54, 1.807) is 5.57 Å². The number of benzene rings is 1. The van der Waals surface area contributed by atoms with Crippen LogP contribution in [0.4, 0.5) is 5.69 Å². The number of anilines is 1. The van der Waals surface area contributed by atoms with Crippen LogP contribution in [-0.2, 0) is 14.3 Å². The van der Waals surface area contributed by atoms with E-state index in [-0.39, 0.29) is 28.8 Å². The number of hydrogen-bond donors (Lipinski definition) is 0. The minimum absolute atomic E-state index is 0.0857. The van der Waals surface area contributed by atoms with E-state index in [2.05, 4.69) is 75.9 Å². The molecule has 4 heteroatoms. The van der Waals surface area contributed by atoms with Crippen molar-refractivity contribution in [1.29, 1.82) is 0 Å². The van der Waals surface area contributed by atoms with Crippen LogP contribution < -0.4 is 4.90 Å². The van der Waals surface area contributed by atoms with E-state index in [0.29, 0.717) is 11.8 Å². The van der Waals surface area contributed by atoms with Gasteiger partial charge in [0.15, 0.2) is 12.1 Å². The molecule has 0 radical (unpaired) electrons. The van der Waals surface area contributed by atoms with Gasteiger partial charge in [-0.1, -0.05) is 44.4 Å². The molecule has 40 heavy (non-hydrogen) atoms. The highest BCUT2D eigenvalue weighted by Crippen LogP contribution is 2.68. The van der Waals surface area contributed by atoms with Crippen molar-refractivity contribution in [3.05, 3.63) is 52.6 Å². The topological polar surface area (TPSA) is 38.8 Å². The van der Waals surface area contributed by atoms with Crippen LogP contribution in [0.2, 0.25) is 0 Å². The molecule has 4 nitrogen and oxygen atoms in total. The molecule has 2 saturated carbocycles. The molecule has 1 saturated heterocycles. The van der Waals surface area contributed by atoms with Crippen LogP contribution in [0.15, 0.2) is 47.1 Å². The number of ether oxygens (including phenoxy) is 2. The minimum atomic E-state index is -0.496. The van der Waals surface area contributed by atoms with Crippen molar-refractivity contribution in [2.45, 2.75) is 103 Å². The number of hydrogen-bond acceptors (Lipinski definition) is 4. The molecule has 214 valence electrons. The molecule has 1 unspecified atom stereocenters. The Morgan fingerprint density at radius 3 is 2.50 bits per heavy atom. The molecule has 5 aliphatic rings. The Morgan fingerprint density at radius 2 is 1.82 bits per heavy atom. The van der Waals surface area contributed by atoms with Gasteiger partial charge in [-0.25, -0.2) is 0 Å². The zero-order valence-corrected chi connectivity index (χ0v) is 25.4. The molecule has 0 bridgehead atoms. The minimum Gasteiger partial charge on any atom is -0.378 e. The average molecular weight is 542 g/mol. The smallest absolute Gasteiger partial charge is 0.161 e. The van der Waals surface area contributed by atoms with Gasteiger partial charge in [0.2, 0.25) is 0 Å². The summed E-state index contributed by atoms with van der Waals surface area (Å²) in [6.07, 6.45) is 11.1. The summed E-state index contributed by atoms with van der Waals surface area (Å²) in [7, 11) is 4.20. The molecule has 0 spiro atoms. The molecule has 0 amide bonds. The molecule has 1 heterocycles. The van der Waals surface area contributed by atoms with E-state index in [9.17, 15) is 4.79 Å². The molecule has 1 aliphatic heterocycles. The number of nitrogens with zero attached hydrogens (tertiary/aromatic N) is 1. The normalized spacial score (nSPS) is 36.5. The summed E-state index contributed by atoms with van der Waals surface area (Å²) in [4.78, 5) is 15.2. The van der Waals surface area contributed by atoms with Gasteiger partial charge >= 0.3 is 0 Å². The van der Waals surface area contributed by atoms with Crippen LogP contribution in [0, 0.1) is 34.5 Å². The van der Waals surface area contributed by atoms with Crippen LogP contribution in [0.25, 0.3) is 0 Å². The maximum atomic E-state index is 13.0. The third-order valence-corrected chi connectivity index (χ3v) is 11.1. The largest absolute Gasteiger partial charge is 0.378 e. The maximum absolute atomic E-state index is 13.0. The third kappa shape index (κ3) is 4.40. The van der Waals surface area contributed by atoms with Gasteiger partial charge in [-0.2, -0.15) is 0 Å². The molecule has 0 N–H and O–H groups in total. The molecule has 6 atom stereocenters. The van der Waals surface area contributed by atoms with Crippen molar-refractivity contribution < 1.29 is 14.3 Å². The monoisotopic (exact) mass is 541 g/mol. The highest BCUT2D eigenvalue weighted by molar-refractivity contribution is 5.97. The van der Waals surface area contributed by atoms with Crippen LogP contribution in [0.5, 0.6) is 0 Å². The van der Waals surface area contributed by atoms with Crippen molar-refractivity contribution in [2.75, 3.05) is 25.6 Å². The summed E-state index contributed by atoms with van der Waals surface area (Å²) in [6, 6.07) is 9.22. The van der Waals surface area contributed by atoms with Crippen molar-refractivity contribution in [1.82, 2.24) is 0 Å². The number of ketones is 1. The van der Waals surface area contributed by atoms with E-state index in [1.165, 1.54) is 22.4 Å². The number of carbonyl (C=O) groups is 1. The third-order valence-electron chi connectivity index (χ3n) is 11.1. The van der Waals surface area contributed by atoms with E-state index in [1.807, 2.05) is 13.0 Å². The van der Waals surface area contributed by atoms with Gasteiger partial charge < -0.3 is 14.4 Å². The van der Waals surface area contributed by atoms with Gasteiger partial charge in [-0.15, -0.1) is 5.92 Å². The van der Waals surface area contributed by atoms with Crippen molar-refractivity contribution in [3.8, 4) is 11.8 Å². The lowest BCUT2D eigenvalue weighted by Gasteiger charge is -2.55. The fraction of sp³-hybridized carbons (Fsp3) is 0.639. The highest BCUT2D eigenvalue weighted by atomic mass is 16.7. The first-order valence-corrected chi connectivity index (χ1v) is 15.6. The molecule has 6 rings (SSSR count). The van der Waals surface area contributed by atoms with E-state index >= 15 is 0 Å². The Morgan fingerprint density at radius 1 is 1.05 bits per heavy atom. The highest BCUT2D eigenvalue weighted by Gasteiger charge is 2.64. The first-order valence-electron chi connectivity index (χ1n) is 15.6. The molecular formula is C36H47NO3. The molecule has 1 aromatic carbocycles. The second-order valence-corrected chi connectivity index (χ2v) is 14.1. The lowest BCUT2D eigenvalue weighted by molar-refractivity contribution is -0.237. The molecule has 3 fully saturated rings. The molecule has 0 aromatic heterocycles. The quantitative estimate of drug-likeness (QED) is 0.368. The van der Waals surface area contributed by atoms with E-state index in [0.717, 1.165) is 64.4 Å². The number of allylic oxidation sites excluding steroid dienone is 4. The Balaban J connectivity index is 1.49. The van der Waals surface area contributed by atoms with Crippen molar-refractivity contribution in [3.63, 3.8) is 0 Å². The van der Waals surface area contributed by atoms with Gasteiger partial charge in [0.25, 0.3) is 0 Å². The van der Waals surface area contributed by atoms with Crippen LogP contribution >= 0.6 is 0 Å². The molecular weight excluding hydrogens is 494 g/mol. The van der Waals surface area contributed by atoms with E-state index < -0.39 is 5.60 Å². The maximum Gasteiger partial charge on any atom is 0.161 e. The standard InChI is InChI=1S/C36H47NO3/c1-7-18-36(40-32-10-8-9-20-39-32)19-17-30-27-16-13-25-21-31(38)34(2,3)22-28(25)33(27)29(23-35(30,36)4)24-11-14-26(15-12-24)37(5)6/h11-12,14-15,21,27,29-30,32H,8-10,13,16-17,19-20,22-23H2,1-6H3/t27-,29+,30-,32?,35-,36-/m0/s1. The Kier molecular flexibility index (Phi) is 7.07. The summed E-state index contributed by atoms with van der Waals surface area (Å²) in [5.41, 5.74) is 6.08. The fourth-order valence-electron chi connectivity index (χ4n) is 8.89. The number of carbonyl (C=O) groups excluding carboxylic acids is 1. The first-order chi connectivity index (χ1) is 19.1. The first kappa shape index (κ1) is 27.8. The second kappa shape index (κ2) is 10.2. The zero-order chi connectivity index (χ0) is 28.3. The summed E-state index contributed by atoms with van der Waals surface area (Å²) in [6.45, 7) is 9.49. The molecule has 4 aliphatic carbocycles. The zero-order valence-electron chi connectivity index (χ0n) is 25.4. The summed E-state index contributed by atoms with van der Waals surface area (Å²) < 4.78 is 13.2. The lowest BCUT2D eigenvalue weighted by atomic mass is 9.50.